The fraction of sp³-hybridized carbons (Fsp3) is 0.200. The summed E-state index contributed by atoms with van der Waals surface area (Å²) in [5, 5.41) is 12.0. The Hall–Kier alpha value is -2.05. The highest BCUT2D eigenvalue weighted by Gasteiger charge is 2.30. The molecular formula is C10H7F3NO3-. The number of hydrogen-bond donors (Lipinski definition) is 1. The lowest BCUT2D eigenvalue weighted by molar-refractivity contribution is -0.303. The van der Waals surface area contributed by atoms with Gasteiger partial charge in [-0.3, -0.25) is 4.79 Å². The van der Waals surface area contributed by atoms with E-state index in [1.54, 1.807) is 0 Å². The van der Waals surface area contributed by atoms with E-state index >= 15 is 0 Å². The molecule has 1 amide bonds. The number of aliphatic carboxylic acids is 1. The lowest BCUT2D eigenvalue weighted by Crippen LogP contribution is -2.37. The summed E-state index contributed by atoms with van der Waals surface area (Å²) in [5.41, 5.74) is -1.24. The summed E-state index contributed by atoms with van der Waals surface area (Å²) in [5.74, 6) is -2.43. The van der Waals surface area contributed by atoms with Crippen molar-refractivity contribution in [3.05, 3.63) is 35.4 Å². The molecule has 1 rings (SSSR count). The summed E-state index contributed by atoms with van der Waals surface area (Å²) in [7, 11) is 0. The molecule has 0 aliphatic heterocycles. The largest absolute Gasteiger partial charge is 0.548 e. The van der Waals surface area contributed by atoms with E-state index in [2.05, 4.69) is 0 Å². The van der Waals surface area contributed by atoms with Gasteiger partial charge in [-0.2, -0.15) is 13.2 Å². The third-order valence-corrected chi connectivity index (χ3v) is 1.85. The molecule has 1 aromatic carbocycles. The van der Waals surface area contributed by atoms with Gasteiger partial charge in [0.15, 0.2) is 0 Å². The molecule has 0 aliphatic rings. The van der Waals surface area contributed by atoms with Crippen LogP contribution in [0, 0.1) is 0 Å². The van der Waals surface area contributed by atoms with Gasteiger partial charge in [0.25, 0.3) is 5.91 Å². The number of carboxylic acids is 1. The Morgan fingerprint density at radius 2 is 1.94 bits per heavy atom. The molecule has 92 valence electrons. The highest BCUT2D eigenvalue weighted by atomic mass is 19.4. The quantitative estimate of drug-likeness (QED) is 0.827. The van der Waals surface area contributed by atoms with Crippen LogP contribution < -0.4 is 10.4 Å². The number of alkyl halides is 3. The second-order valence-electron chi connectivity index (χ2n) is 3.13. The van der Waals surface area contributed by atoms with Gasteiger partial charge in [-0.25, -0.2) is 0 Å². The van der Waals surface area contributed by atoms with Gasteiger partial charge in [0.05, 0.1) is 18.1 Å². The Morgan fingerprint density at radius 3 is 2.47 bits per heavy atom. The van der Waals surface area contributed by atoms with E-state index in [-0.39, 0.29) is 5.56 Å². The third kappa shape index (κ3) is 3.78. The number of benzene rings is 1. The molecule has 0 heterocycles. The van der Waals surface area contributed by atoms with Crippen molar-refractivity contribution in [1.29, 1.82) is 0 Å². The molecule has 0 saturated heterocycles. The van der Waals surface area contributed by atoms with Crippen LogP contribution >= 0.6 is 0 Å². The lowest BCUT2D eigenvalue weighted by Gasteiger charge is -2.09. The van der Waals surface area contributed by atoms with E-state index in [4.69, 9.17) is 0 Å². The first-order valence-electron chi connectivity index (χ1n) is 4.46. The SMILES string of the molecule is O=C([O-])CNC(=O)c1cccc(C(F)(F)F)c1. The highest BCUT2D eigenvalue weighted by molar-refractivity contribution is 5.95. The molecule has 0 atom stereocenters. The topological polar surface area (TPSA) is 69.2 Å². The number of amides is 1. The minimum Gasteiger partial charge on any atom is -0.548 e. The maximum absolute atomic E-state index is 12.3. The van der Waals surface area contributed by atoms with Crippen LogP contribution in [0.5, 0.6) is 0 Å². The average molecular weight is 246 g/mol. The number of nitrogens with one attached hydrogen (secondary N) is 1. The molecule has 0 aliphatic carbocycles. The Bertz CT molecular complexity index is 443. The molecule has 1 aromatic rings. The zero-order valence-electron chi connectivity index (χ0n) is 8.38. The Labute approximate surface area is 94.1 Å². The Balaban J connectivity index is 2.85. The van der Waals surface area contributed by atoms with Gasteiger partial charge in [-0.1, -0.05) is 6.07 Å². The third-order valence-electron chi connectivity index (χ3n) is 1.85. The molecule has 7 heteroatoms. The van der Waals surface area contributed by atoms with Crippen LogP contribution in [0.25, 0.3) is 0 Å². The number of halogens is 3. The van der Waals surface area contributed by atoms with Crippen LogP contribution in [0.2, 0.25) is 0 Å². The summed E-state index contributed by atoms with van der Waals surface area (Å²) in [6, 6.07) is 3.68. The van der Waals surface area contributed by atoms with Gasteiger partial charge in [-0.05, 0) is 18.2 Å². The zero-order chi connectivity index (χ0) is 13.1. The summed E-state index contributed by atoms with van der Waals surface area (Å²) in [6.07, 6.45) is -4.55. The minimum atomic E-state index is -4.55. The van der Waals surface area contributed by atoms with Crippen LogP contribution in [-0.2, 0) is 11.0 Å². The van der Waals surface area contributed by atoms with Crippen molar-refractivity contribution in [1.82, 2.24) is 5.32 Å². The number of hydrogen-bond acceptors (Lipinski definition) is 3. The summed E-state index contributed by atoms with van der Waals surface area (Å²) >= 11 is 0. The molecule has 0 unspecified atom stereocenters. The van der Waals surface area contributed by atoms with Gasteiger partial charge >= 0.3 is 6.18 Å². The normalized spacial score (nSPS) is 11.0. The molecular weight excluding hydrogens is 239 g/mol. The lowest BCUT2D eigenvalue weighted by atomic mass is 10.1. The van der Waals surface area contributed by atoms with Crippen molar-refractivity contribution in [2.45, 2.75) is 6.18 Å². The number of carboxylic acid groups (broad SMARTS) is 1. The first-order valence-corrected chi connectivity index (χ1v) is 4.46. The molecule has 0 spiro atoms. The molecule has 1 N–H and O–H groups in total. The van der Waals surface area contributed by atoms with Crippen LogP contribution in [0.15, 0.2) is 24.3 Å². The van der Waals surface area contributed by atoms with Crippen LogP contribution in [-0.4, -0.2) is 18.4 Å². The molecule has 0 radical (unpaired) electrons. The van der Waals surface area contributed by atoms with Crippen molar-refractivity contribution in [2.24, 2.45) is 0 Å². The summed E-state index contributed by atoms with van der Waals surface area (Å²) in [6.45, 7) is -0.755. The first-order chi connectivity index (χ1) is 7.80. The molecule has 4 nitrogen and oxygen atoms in total. The number of rotatable bonds is 3. The smallest absolute Gasteiger partial charge is 0.416 e. The van der Waals surface area contributed by atoms with Gasteiger partial charge in [0, 0.05) is 5.56 Å². The van der Waals surface area contributed by atoms with Gasteiger partial charge in [0.2, 0.25) is 0 Å². The van der Waals surface area contributed by atoms with Gasteiger partial charge in [0.1, 0.15) is 0 Å². The monoisotopic (exact) mass is 246 g/mol. The first kappa shape index (κ1) is 13.0. The van der Waals surface area contributed by atoms with Crippen molar-refractivity contribution in [3.63, 3.8) is 0 Å². The predicted octanol–water partition coefficient (Wildman–Crippen LogP) is 0.185. The molecule has 0 bridgehead atoms. The van der Waals surface area contributed by atoms with Crippen LogP contribution in [0.3, 0.4) is 0 Å². The molecule has 0 aromatic heterocycles. The molecule has 0 saturated carbocycles. The van der Waals surface area contributed by atoms with Crippen molar-refractivity contribution >= 4 is 11.9 Å². The average Bonchev–Trinajstić information content (AvgIpc) is 2.25. The van der Waals surface area contributed by atoms with Crippen LogP contribution in [0.1, 0.15) is 15.9 Å². The van der Waals surface area contributed by atoms with E-state index in [0.717, 1.165) is 18.2 Å². The molecule has 17 heavy (non-hydrogen) atoms. The van der Waals surface area contributed by atoms with Crippen molar-refractivity contribution < 1.29 is 27.9 Å². The number of carbonyl (C=O) groups is 2. The fourth-order valence-electron chi connectivity index (χ4n) is 1.09. The maximum atomic E-state index is 12.3. The fourth-order valence-corrected chi connectivity index (χ4v) is 1.09. The van der Waals surface area contributed by atoms with Gasteiger partial charge in [-0.15, -0.1) is 0 Å². The number of carbonyl (C=O) groups excluding carboxylic acids is 2. The Morgan fingerprint density at radius 1 is 1.29 bits per heavy atom. The second-order valence-corrected chi connectivity index (χ2v) is 3.13. The highest BCUT2D eigenvalue weighted by Crippen LogP contribution is 2.29. The van der Waals surface area contributed by atoms with E-state index < -0.39 is 30.2 Å². The predicted molar refractivity (Wildman–Crippen MR) is 48.8 cm³/mol. The van der Waals surface area contributed by atoms with Crippen LogP contribution in [0.4, 0.5) is 13.2 Å². The summed E-state index contributed by atoms with van der Waals surface area (Å²) in [4.78, 5) is 21.3. The standard InChI is InChI=1S/C10H8F3NO3/c11-10(12,13)7-3-1-2-6(4-7)9(17)14-5-8(15)16/h1-4H,5H2,(H,14,17)(H,15,16)/p-1. The minimum absolute atomic E-state index is 0.263. The second kappa shape index (κ2) is 4.86. The van der Waals surface area contributed by atoms with E-state index in [0.29, 0.717) is 6.07 Å². The maximum Gasteiger partial charge on any atom is 0.416 e. The molecule has 0 fully saturated rings. The van der Waals surface area contributed by atoms with Crippen molar-refractivity contribution in [3.8, 4) is 0 Å². The van der Waals surface area contributed by atoms with E-state index in [9.17, 15) is 27.9 Å². The van der Waals surface area contributed by atoms with E-state index in [1.165, 1.54) is 0 Å². The van der Waals surface area contributed by atoms with E-state index in [1.807, 2.05) is 5.32 Å². The Kier molecular flexibility index (Phi) is 3.72. The summed E-state index contributed by atoms with van der Waals surface area (Å²) < 4.78 is 36.9. The van der Waals surface area contributed by atoms with Gasteiger partial charge < -0.3 is 15.2 Å². The zero-order valence-corrected chi connectivity index (χ0v) is 8.38. The van der Waals surface area contributed by atoms with Crippen molar-refractivity contribution in [2.75, 3.05) is 6.54 Å².